The van der Waals surface area contributed by atoms with Gasteiger partial charge in [-0.1, -0.05) is 12.1 Å². The molecule has 0 amide bonds. The second kappa shape index (κ2) is 4.80. The monoisotopic (exact) mass is 258 g/mol. The minimum atomic E-state index is 0.742. The van der Waals surface area contributed by atoms with Crippen LogP contribution in [0.2, 0.25) is 0 Å². The standard InChI is InChI=1S/C16H22N2O/c1-2-14-10-18(11-15(14)17-6-1)9-12-3-4-16-13(8-12)5-7-19-16/h3-4,8,14-15,17H,1-2,5-7,9-11H2. The minimum absolute atomic E-state index is 0.742. The van der Waals surface area contributed by atoms with E-state index < -0.39 is 0 Å². The van der Waals surface area contributed by atoms with Gasteiger partial charge in [0.25, 0.3) is 0 Å². The number of hydrogen-bond donors (Lipinski definition) is 1. The second-order valence-corrected chi connectivity index (χ2v) is 6.20. The third-order valence-electron chi connectivity index (χ3n) is 4.83. The van der Waals surface area contributed by atoms with Crippen LogP contribution in [0.5, 0.6) is 5.75 Å². The average molecular weight is 258 g/mol. The van der Waals surface area contributed by atoms with E-state index in [0.717, 1.165) is 37.3 Å². The number of piperidine rings is 1. The molecule has 0 bridgehead atoms. The number of benzene rings is 1. The Morgan fingerprint density at radius 2 is 2.32 bits per heavy atom. The highest BCUT2D eigenvalue weighted by Gasteiger charge is 2.33. The molecule has 3 nitrogen and oxygen atoms in total. The number of likely N-dealkylation sites (tertiary alicyclic amines) is 1. The van der Waals surface area contributed by atoms with Crippen molar-refractivity contribution in [1.29, 1.82) is 0 Å². The SMILES string of the molecule is c1cc2c(cc1CN1CC3CCCNC3C1)CCO2. The average Bonchev–Trinajstić information content (AvgIpc) is 3.03. The maximum absolute atomic E-state index is 5.58. The van der Waals surface area contributed by atoms with E-state index in [9.17, 15) is 0 Å². The highest BCUT2D eigenvalue weighted by molar-refractivity contribution is 5.39. The Morgan fingerprint density at radius 1 is 1.32 bits per heavy atom. The first kappa shape index (κ1) is 11.7. The highest BCUT2D eigenvalue weighted by atomic mass is 16.5. The number of fused-ring (bicyclic) bond motifs is 2. The van der Waals surface area contributed by atoms with Crippen LogP contribution in [-0.2, 0) is 13.0 Å². The zero-order valence-corrected chi connectivity index (χ0v) is 11.4. The Bertz CT molecular complexity index is 460. The van der Waals surface area contributed by atoms with Crippen molar-refractivity contribution >= 4 is 0 Å². The fraction of sp³-hybridized carbons (Fsp3) is 0.625. The summed E-state index contributed by atoms with van der Waals surface area (Å²) in [5.41, 5.74) is 2.84. The van der Waals surface area contributed by atoms with Crippen LogP contribution in [0.1, 0.15) is 24.0 Å². The van der Waals surface area contributed by atoms with Crippen LogP contribution in [0.4, 0.5) is 0 Å². The van der Waals surface area contributed by atoms with Crippen LogP contribution in [0, 0.1) is 5.92 Å². The molecule has 2 fully saturated rings. The summed E-state index contributed by atoms with van der Waals surface area (Å²) in [6.45, 7) is 5.66. The van der Waals surface area contributed by atoms with Gasteiger partial charge in [0, 0.05) is 32.1 Å². The summed E-state index contributed by atoms with van der Waals surface area (Å²) in [6, 6.07) is 7.47. The summed E-state index contributed by atoms with van der Waals surface area (Å²) in [7, 11) is 0. The molecule has 2 atom stereocenters. The third kappa shape index (κ3) is 2.26. The van der Waals surface area contributed by atoms with Crippen molar-refractivity contribution in [3.8, 4) is 5.75 Å². The van der Waals surface area contributed by atoms with E-state index in [1.54, 1.807) is 0 Å². The second-order valence-electron chi connectivity index (χ2n) is 6.20. The lowest BCUT2D eigenvalue weighted by atomic mass is 9.94. The molecule has 19 heavy (non-hydrogen) atoms. The van der Waals surface area contributed by atoms with E-state index in [1.165, 1.54) is 43.6 Å². The first-order valence-corrected chi connectivity index (χ1v) is 7.59. The van der Waals surface area contributed by atoms with Crippen LogP contribution < -0.4 is 10.1 Å². The van der Waals surface area contributed by atoms with Gasteiger partial charge in [-0.05, 0) is 42.5 Å². The zero-order valence-electron chi connectivity index (χ0n) is 11.4. The van der Waals surface area contributed by atoms with Crippen molar-refractivity contribution in [2.45, 2.75) is 31.8 Å². The summed E-state index contributed by atoms with van der Waals surface area (Å²) in [6.07, 6.45) is 3.84. The summed E-state index contributed by atoms with van der Waals surface area (Å²) in [4.78, 5) is 2.62. The molecular weight excluding hydrogens is 236 g/mol. The van der Waals surface area contributed by atoms with Gasteiger partial charge in [-0.15, -0.1) is 0 Å². The third-order valence-corrected chi connectivity index (χ3v) is 4.83. The molecule has 1 aromatic carbocycles. The first-order valence-electron chi connectivity index (χ1n) is 7.59. The maximum Gasteiger partial charge on any atom is 0.122 e. The van der Waals surface area contributed by atoms with Crippen molar-refractivity contribution < 1.29 is 4.74 Å². The fourth-order valence-corrected chi connectivity index (χ4v) is 3.86. The summed E-state index contributed by atoms with van der Waals surface area (Å²) in [5, 5.41) is 3.68. The van der Waals surface area contributed by atoms with Crippen LogP contribution in [0.3, 0.4) is 0 Å². The van der Waals surface area contributed by atoms with E-state index in [1.807, 2.05) is 0 Å². The zero-order chi connectivity index (χ0) is 12.7. The molecule has 3 aliphatic rings. The molecule has 0 saturated carbocycles. The molecule has 0 spiro atoms. The van der Waals surface area contributed by atoms with E-state index in [2.05, 4.69) is 28.4 Å². The van der Waals surface area contributed by atoms with Gasteiger partial charge in [0.05, 0.1) is 6.61 Å². The number of nitrogens with one attached hydrogen (secondary N) is 1. The van der Waals surface area contributed by atoms with Gasteiger partial charge in [-0.2, -0.15) is 0 Å². The molecule has 102 valence electrons. The number of hydrogen-bond acceptors (Lipinski definition) is 3. The summed E-state index contributed by atoms with van der Waals surface area (Å²) < 4.78 is 5.58. The summed E-state index contributed by atoms with van der Waals surface area (Å²) in [5.74, 6) is 1.98. The topological polar surface area (TPSA) is 24.5 Å². The number of rotatable bonds is 2. The van der Waals surface area contributed by atoms with Crippen molar-refractivity contribution in [1.82, 2.24) is 10.2 Å². The predicted octanol–water partition coefficient (Wildman–Crippen LogP) is 1.81. The molecule has 3 heterocycles. The van der Waals surface area contributed by atoms with Crippen molar-refractivity contribution in [2.75, 3.05) is 26.2 Å². The Morgan fingerprint density at radius 3 is 3.26 bits per heavy atom. The van der Waals surface area contributed by atoms with Gasteiger partial charge in [-0.25, -0.2) is 0 Å². The van der Waals surface area contributed by atoms with Gasteiger partial charge in [0.1, 0.15) is 5.75 Å². The Hall–Kier alpha value is -1.06. The van der Waals surface area contributed by atoms with Crippen LogP contribution in [-0.4, -0.2) is 37.2 Å². The molecular formula is C16H22N2O. The lowest BCUT2D eigenvalue weighted by Gasteiger charge is -2.24. The molecule has 0 aliphatic carbocycles. The van der Waals surface area contributed by atoms with E-state index >= 15 is 0 Å². The molecule has 1 N–H and O–H groups in total. The quantitative estimate of drug-likeness (QED) is 0.875. The minimum Gasteiger partial charge on any atom is -0.493 e. The molecule has 0 aromatic heterocycles. The first-order chi connectivity index (χ1) is 9.38. The van der Waals surface area contributed by atoms with Crippen LogP contribution in [0.25, 0.3) is 0 Å². The van der Waals surface area contributed by atoms with Crippen molar-refractivity contribution in [2.24, 2.45) is 5.92 Å². The largest absolute Gasteiger partial charge is 0.493 e. The fourth-order valence-electron chi connectivity index (χ4n) is 3.86. The lowest BCUT2D eigenvalue weighted by molar-refractivity contribution is 0.312. The highest BCUT2D eigenvalue weighted by Crippen LogP contribution is 2.29. The van der Waals surface area contributed by atoms with Crippen molar-refractivity contribution in [3.05, 3.63) is 29.3 Å². The van der Waals surface area contributed by atoms with Crippen LogP contribution >= 0.6 is 0 Å². The maximum atomic E-state index is 5.58. The normalized spacial score (nSPS) is 29.9. The number of ether oxygens (including phenoxy) is 1. The van der Waals surface area contributed by atoms with Gasteiger partial charge in [-0.3, -0.25) is 4.90 Å². The van der Waals surface area contributed by atoms with E-state index in [-0.39, 0.29) is 0 Å². The number of nitrogens with zero attached hydrogens (tertiary/aromatic N) is 1. The van der Waals surface area contributed by atoms with Gasteiger partial charge < -0.3 is 10.1 Å². The Balaban J connectivity index is 1.44. The van der Waals surface area contributed by atoms with E-state index in [4.69, 9.17) is 4.74 Å². The Kier molecular flexibility index (Phi) is 2.97. The Labute approximate surface area is 114 Å². The molecule has 4 rings (SSSR count). The summed E-state index contributed by atoms with van der Waals surface area (Å²) >= 11 is 0. The molecule has 3 heteroatoms. The molecule has 3 aliphatic heterocycles. The van der Waals surface area contributed by atoms with E-state index in [0.29, 0.717) is 0 Å². The molecule has 0 radical (unpaired) electrons. The lowest BCUT2D eigenvalue weighted by Crippen LogP contribution is -2.40. The molecule has 2 saturated heterocycles. The van der Waals surface area contributed by atoms with Gasteiger partial charge >= 0.3 is 0 Å². The molecule has 1 aromatic rings. The van der Waals surface area contributed by atoms with Gasteiger partial charge in [0.2, 0.25) is 0 Å². The van der Waals surface area contributed by atoms with Gasteiger partial charge in [0.15, 0.2) is 0 Å². The predicted molar refractivity (Wildman–Crippen MR) is 75.4 cm³/mol. The smallest absolute Gasteiger partial charge is 0.122 e. The van der Waals surface area contributed by atoms with Crippen molar-refractivity contribution in [3.63, 3.8) is 0 Å². The molecule has 2 unspecified atom stereocenters. The van der Waals surface area contributed by atoms with Crippen LogP contribution in [0.15, 0.2) is 18.2 Å².